The van der Waals surface area contributed by atoms with Gasteiger partial charge in [-0.1, -0.05) is 0 Å². The van der Waals surface area contributed by atoms with Gasteiger partial charge < -0.3 is 4.74 Å². The quantitative estimate of drug-likeness (QED) is 0.753. The van der Waals surface area contributed by atoms with Gasteiger partial charge in [-0.3, -0.25) is 0 Å². The predicted molar refractivity (Wildman–Crippen MR) is 48.4 cm³/mol. The minimum Gasteiger partial charge on any atom is -0.458 e. The first kappa shape index (κ1) is 10.8. The molecule has 0 fully saturated rings. The molecule has 0 heterocycles. The molecule has 0 aliphatic carbocycles. The molecule has 1 aromatic carbocycles. The van der Waals surface area contributed by atoms with E-state index in [9.17, 15) is 13.2 Å². The Morgan fingerprint density at radius 3 is 2.46 bits per heavy atom. The lowest BCUT2D eigenvalue weighted by atomic mass is 10.3. The van der Waals surface area contributed by atoms with Gasteiger partial charge in [0.25, 0.3) is 0 Å². The van der Waals surface area contributed by atoms with Crippen molar-refractivity contribution < 1.29 is 17.9 Å². The van der Waals surface area contributed by atoms with Crippen LogP contribution >= 0.6 is 31.9 Å². The second kappa shape index (κ2) is 4.32. The van der Waals surface area contributed by atoms with Crippen LogP contribution in [-0.2, 0) is 0 Å². The third kappa shape index (κ3) is 2.17. The highest BCUT2D eigenvalue weighted by molar-refractivity contribution is 9.11. The first-order chi connectivity index (χ1) is 6.07. The molecule has 0 amide bonds. The van der Waals surface area contributed by atoms with E-state index in [-0.39, 0.29) is 8.95 Å². The smallest absolute Gasteiger partial charge is 0.228 e. The molecular formula is C7H3Br2F3O. The Morgan fingerprint density at radius 1 is 1.31 bits per heavy atom. The van der Waals surface area contributed by atoms with Crippen molar-refractivity contribution in [1.82, 2.24) is 0 Å². The maximum atomic E-state index is 13.1. The van der Waals surface area contributed by atoms with E-state index in [2.05, 4.69) is 36.6 Å². The molecule has 0 spiro atoms. The van der Waals surface area contributed by atoms with E-state index < -0.39 is 24.2 Å². The number of rotatable bonds is 2. The van der Waals surface area contributed by atoms with Crippen LogP contribution in [0.5, 0.6) is 5.75 Å². The molecule has 0 N–H and O–H groups in total. The van der Waals surface area contributed by atoms with Gasteiger partial charge in [-0.2, -0.15) is 0 Å². The number of benzene rings is 1. The van der Waals surface area contributed by atoms with Crippen molar-refractivity contribution in [3.63, 3.8) is 0 Å². The third-order valence-corrected chi connectivity index (χ3v) is 2.59. The molecule has 13 heavy (non-hydrogen) atoms. The van der Waals surface area contributed by atoms with E-state index in [1.807, 2.05) is 0 Å². The van der Waals surface area contributed by atoms with Crippen molar-refractivity contribution >= 4 is 31.9 Å². The Kier molecular flexibility index (Phi) is 3.61. The number of hydrogen-bond acceptors (Lipinski definition) is 1. The van der Waals surface area contributed by atoms with Crippen molar-refractivity contribution in [3.8, 4) is 5.75 Å². The number of hydrogen-bond donors (Lipinski definition) is 0. The van der Waals surface area contributed by atoms with Crippen molar-refractivity contribution in [1.29, 1.82) is 0 Å². The summed E-state index contributed by atoms with van der Waals surface area (Å²) in [5, 5.41) is 0. The van der Waals surface area contributed by atoms with Crippen LogP contribution in [0.2, 0.25) is 0 Å². The van der Waals surface area contributed by atoms with Crippen LogP contribution in [0, 0.1) is 11.6 Å². The van der Waals surface area contributed by atoms with E-state index in [4.69, 9.17) is 0 Å². The highest BCUT2D eigenvalue weighted by Gasteiger charge is 2.16. The van der Waals surface area contributed by atoms with Gasteiger partial charge in [0, 0.05) is 0 Å². The standard InChI is InChI=1S/C7H3Br2F3O/c8-3-1-4(11)5(9)7(6(3)12)13-2-10/h1H,2H2. The molecule has 6 heteroatoms. The lowest BCUT2D eigenvalue weighted by Crippen LogP contribution is -1.97. The molecule has 0 saturated carbocycles. The highest BCUT2D eigenvalue weighted by atomic mass is 79.9. The molecule has 72 valence electrons. The van der Waals surface area contributed by atoms with Crippen LogP contribution in [0.25, 0.3) is 0 Å². The van der Waals surface area contributed by atoms with E-state index in [1.54, 1.807) is 0 Å². The fourth-order valence-corrected chi connectivity index (χ4v) is 1.52. The Labute approximate surface area is 89.1 Å². The number of ether oxygens (including phenoxy) is 1. The Hall–Kier alpha value is -0.230. The van der Waals surface area contributed by atoms with Gasteiger partial charge in [0.2, 0.25) is 6.86 Å². The van der Waals surface area contributed by atoms with E-state index in [0.717, 1.165) is 6.07 Å². The first-order valence-electron chi connectivity index (χ1n) is 3.09. The highest BCUT2D eigenvalue weighted by Crippen LogP contribution is 2.35. The second-order valence-electron chi connectivity index (χ2n) is 2.05. The van der Waals surface area contributed by atoms with Gasteiger partial charge in [-0.25, -0.2) is 13.2 Å². The maximum Gasteiger partial charge on any atom is 0.228 e. The van der Waals surface area contributed by atoms with Crippen LogP contribution in [0.4, 0.5) is 13.2 Å². The zero-order chi connectivity index (χ0) is 10.0. The van der Waals surface area contributed by atoms with E-state index >= 15 is 0 Å². The summed E-state index contributed by atoms with van der Waals surface area (Å²) < 4.78 is 41.7. The molecular weight excluding hydrogens is 317 g/mol. The summed E-state index contributed by atoms with van der Waals surface area (Å²) in [4.78, 5) is 0. The van der Waals surface area contributed by atoms with Crippen molar-refractivity contribution in [3.05, 3.63) is 26.6 Å². The third-order valence-electron chi connectivity index (χ3n) is 1.27. The Bertz CT molecular complexity index is 304. The fourth-order valence-electron chi connectivity index (χ4n) is 0.733. The average molecular weight is 320 g/mol. The Morgan fingerprint density at radius 2 is 1.92 bits per heavy atom. The number of alkyl halides is 1. The predicted octanol–water partition coefficient (Wildman–Crippen LogP) is 3.80. The lowest BCUT2D eigenvalue weighted by molar-refractivity contribution is 0.182. The largest absolute Gasteiger partial charge is 0.458 e. The molecule has 0 atom stereocenters. The molecule has 1 aromatic rings. The Balaban J connectivity index is 3.28. The van der Waals surface area contributed by atoms with Gasteiger partial charge >= 0.3 is 0 Å². The minimum atomic E-state index is -1.22. The molecule has 0 aliphatic rings. The normalized spacial score (nSPS) is 10.2. The molecule has 1 nitrogen and oxygen atoms in total. The molecule has 0 bridgehead atoms. The minimum absolute atomic E-state index is 0.114. The second-order valence-corrected chi connectivity index (χ2v) is 3.70. The van der Waals surface area contributed by atoms with Crippen molar-refractivity contribution in [2.45, 2.75) is 0 Å². The van der Waals surface area contributed by atoms with Gasteiger partial charge in [-0.05, 0) is 37.9 Å². The molecule has 0 saturated heterocycles. The summed E-state index contributed by atoms with van der Waals surface area (Å²) in [7, 11) is 0. The van der Waals surface area contributed by atoms with Gasteiger partial charge in [0.05, 0.1) is 8.95 Å². The van der Waals surface area contributed by atoms with Crippen LogP contribution in [0.3, 0.4) is 0 Å². The molecule has 0 aromatic heterocycles. The van der Waals surface area contributed by atoms with Crippen LogP contribution < -0.4 is 4.74 Å². The summed E-state index contributed by atoms with van der Waals surface area (Å²) in [6, 6.07) is 0.921. The zero-order valence-electron chi connectivity index (χ0n) is 6.08. The van der Waals surface area contributed by atoms with E-state index in [1.165, 1.54) is 0 Å². The first-order valence-corrected chi connectivity index (χ1v) is 4.68. The van der Waals surface area contributed by atoms with Crippen LogP contribution in [0.15, 0.2) is 15.0 Å². The SMILES string of the molecule is FCOc1c(F)c(Br)cc(F)c1Br. The maximum absolute atomic E-state index is 13.1. The molecule has 0 radical (unpaired) electrons. The molecule has 1 rings (SSSR count). The molecule has 0 unspecified atom stereocenters. The fraction of sp³-hybridized carbons (Fsp3) is 0.143. The van der Waals surface area contributed by atoms with Gasteiger partial charge in [-0.15, -0.1) is 0 Å². The van der Waals surface area contributed by atoms with Crippen molar-refractivity contribution in [2.75, 3.05) is 6.86 Å². The summed E-state index contributed by atoms with van der Waals surface area (Å²) in [6.45, 7) is -1.22. The molecule has 0 aliphatic heterocycles. The summed E-state index contributed by atoms with van der Waals surface area (Å²) in [5.41, 5.74) is 0. The average Bonchev–Trinajstić information content (AvgIpc) is 2.09. The van der Waals surface area contributed by atoms with Gasteiger partial charge in [0.1, 0.15) is 5.82 Å². The number of halogens is 5. The summed E-state index contributed by atoms with van der Waals surface area (Å²) >= 11 is 5.50. The summed E-state index contributed by atoms with van der Waals surface area (Å²) in [5.74, 6) is -2.04. The van der Waals surface area contributed by atoms with Gasteiger partial charge in [0.15, 0.2) is 11.6 Å². The summed E-state index contributed by atoms with van der Waals surface area (Å²) in [6.07, 6.45) is 0. The lowest BCUT2D eigenvalue weighted by Gasteiger charge is -2.07. The zero-order valence-corrected chi connectivity index (χ0v) is 9.25. The van der Waals surface area contributed by atoms with Crippen LogP contribution in [-0.4, -0.2) is 6.86 Å². The van der Waals surface area contributed by atoms with E-state index in [0.29, 0.717) is 0 Å². The van der Waals surface area contributed by atoms with Crippen LogP contribution in [0.1, 0.15) is 0 Å². The van der Waals surface area contributed by atoms with Crippen molar-refractivity contribution in [2.24, 2.45) is 0 Å². The topological polar surface area (TPSA) is 9.23 Å². The monoisotopic (exact) mass is 318 g/mol.